The molecule has 0 aliphatic rings. The Hall–Kier alpha value is -1.51. The lowest BCUT2D eigenvalue weighted by atomic mass is 9.98. The highest BCUT2D eigenvalue weighted by atomic mass is 32.2. The maximum Gasteiger partial charge on any atom is 0.279 e. The molecule has 116 valence electrons. The number of carbonyl (C=O) groups excluding carboxylic acids is 2. The molecule has 0 aromatic heterocycles. The summed E-state index contributed by atoms with van der Waals surface area (Å²) in [7, 11) is -4.52. The van der Waals surface area contributed by atoms with Gasteiger partial charge in [-0.3, -0.25) is 14.1 Å². The molecule has 7 nitrogen and oxygen atoms in total. The molecule has 2 unspecified atom stereocenters. The van der Waals surface area contributed by atoms with E-state index < -0.39 is 26.7 Å². The second-order valence-electron chi connectivity index (χ2n) is 4.28. The summed E-state index contributed by atoms with van der Waals surface area (Å²) in [5, 5.41) is 0. The summed E-state index contributed by atoms with van der Waals surface area (Å²) in [6.45, 7) is 9.00. The van der Waals surface area contributed by atoms with Crippen molar-refractivity contribution in [2.75, 3.05) is 0 Å². The SMILES string of the molecule is C/C=C(\C)C(N)=O.C=CC(=O)C(C)(C(C)N)S(=O)(=O)O. The molecular weight excluding hydrogens is 284 g/mol. The molecular formula is C12H22N2O5S. The summed E-state index contributed by atoms with van der Waals surface area (Å²) in [4.78, 5) is 21.3. The number of hydrogen-bond acceptors (Lipinski definition) is 5. The first-order chi connectivity index (χ1) is 8.86. The molecule has 5 N–H and O–H groups in total. The molecule has 0 spiro atoms. The van der Waals surface area contributed by atoms with Crippen LogP contribution in [0.3, 0.4) is 0 Å². The summed E-state index contributed by atoms with van der Waals surface area (Å²) in [6, 6.07) is -1.01. The highest BCUT2D eigenvalue weighted by Gasteiger charge is 2.47. The van der Waals surface area contributed by atoms with Gasteiger partial charge in [-0.25, -0.2) is 0 Å². The number of allylic oxidation sites excluding steroid dienone is 2. The van der Waals surface area contributed by atoms with Crippen molar-refractivity contribution in [3.63, 3.8) is 0 Å². The molecule has 0 saturated heterocycles. The van der Waals surface area contributed by atoms with Gasteiger partial charge in [-0.1, -0.05) is 12.7 Å². The van der Waals surface area contributed by atoms with E-state index in [9.17, 15) is 18.0 Å². The van der Waals surface area contributed by atoms with E-state index in [0.717, 1.165) is 13.0 Å². The van der Waals surface area contributed by atoms with Crippen LogP contribution in [0.1, 0.15) is 27.7 Å². The second kappa shape index (κ2) is 7.93. The Balaban J connectivity index is 0. The molecule has 20 heavy (non-hydrogen) atoms. The summed E-state index contributed by atoms with van der Waals surface area (Å²) >= 11 is 0. The lowest BCUT2D eigenvalue weighted by Gasteiger charge is -2.26. The second-order valence-corrected chi connectivity index (χ2v) is 6.07. The summed E-state index contributed by atoms with van der Waals surface area (Å²) in [5.74, 6) is -1.16. The van der Waals surface area contributed by atoms with E-state index in [1.807, 2.05) is 0 Å². The van der Waals surface area contributed by atoms with Gasteiger partial charge < -0.3 is 11.5 Å². The smallest absolute Gasteiger partial charge is 0.279 e. The van der Waals surface area contributed by atoms with Crippen molar-refractivity contribution < 1.29 is 22.6 Å². The Labute approximate surface area is 119 Å². The van der Waals surface area contributed by atoms with Crippen LogP contribution in [0.5, 0.6) is 0 Å². The first-order valence-electron chi connectivity index (χ1n) is 5.68. The van der Waals surface area contributed by atoms with Gasteiger partial charge in [-0.15, -0.1) is 0 Å². The average Bonchev–Trinajstić information content (AvgIpc) is 2.34. The monoisotopic (exact) mass is 306 g/mol. The predicted molar refractivity (Wildman–Crippen MR) is 77.4 cm³/mol. The molecule has 0 fully saturated rings. The van der Waals surface area contributed by atoms with Crippen LogP contribution >= 0.6 is 0 Å². The lowest BCUT2D eigenvalue weighted by molar-refractivity contribution is -0.117. The highest BCUT2D eigenvalue weighted by molar-refractivity contribution is 7.88. The number of hydrogen-bond donors (Lipinski definition) is 3. The molecule has 0 radical (unpaired) electrons. The fourth-order valence-corrected chi connectivity index (χ4v) is 1.74. The molecule has 0 aliphatic heterocycles. The van der Waals surface area contributed by atoms with Crippen LogP contribution in [0.2, 0.25) is 0 Å². The highest BCUT2D eigenvalue weighted by Crippen LogP contribution is 2.21. The molecule has 0 bridgehead atoms. The fraction of sp³-hybridized carbons (Fsp3) is 0.500. The Morgan fingerprint density at radius 2 is 1.80 bits per heavy atom. The largest absolute Gasteiger partial charge is 0.366 e. The Morgan fingerprint density at radius 3 is 1.85 bits per heavy atom. The van der Waals surface area contributed by atoms with Crippen LogP contribution < -0.4 is 11.5 Å². The summed E-state index contributed by atoms with van der Waals surface area (Å²) in [5.41, 5.74) is 10.8. The molecule has 0 aromatic carbocycles. The molecule has 0 rings (SSSR count). The lowest BCUT2D eigenvalue weighted by Crippen LogP contribution is -2.54. The van der Waals surface area contributed by atoms with Gasteiger partial charge in [0.25, 0.3) is 10.1 Å². The molecule has 0 heterocycles. The molecule has 1 amide bonds. The fourth-order valence-electron chi connectivity index (χ4n) is 0.931. The number of amides is 1. The minimum absolute atomic E-state index is 0.345. The van der Waals surface area contributed by atoms with Crippen LogP contribution in [0.4, 0.5) is 0 Å². The maximum absolute atomic E-state index is 11.2. The Kier molecular flexibility index (Phi) is 8.25. The third kappa shape index (κ3) is 5.24. The van der Waals surface area contributed by atoms with E-state index in [2.05, 4.69) is 6.58 Å². The number of ketones is 1. The average molecular weight is 306 g/mol. The van der Waals surface area contributed by atoms with Crippen molar-refractivity contribution >= 4 is 21.8 Å². The van der Waals surface area contributed by atoms with Gasteiger partial charge in [0.2, 0.25) is 5.91 Å². The standard InChI is InChI=1S/C7H13NO4S.C5H9NO/c1-4-6(9)7(3,5(2)8)13(10,11)12;1-3-4(2)5(6)7/h4-5H,1,8H2,2-3H3,(H,10,11,12);3H,1-2H3,(H2,6,7)/b;4-3+. The van der Waals surface area contributed by atoms with Crippen LogP contribution in [-0.2, 0) is 19.7 Å². The van der Waals surface area contributed by atoms with Crippen molar-refractivity contribution in [3.8, 4) is 0 Å². The zero-order chi connectivity index (χ0) is 16.7. The predicted octanol–water partition coefficient (Wildman–Crippen LogP) is 0.173. The van der Waals surface area contributed by atoms with E-state index in [1.54, 1.807) is 19.9 Å². The minimum atomic E-state index is -4.52. The van der Waals surface area contributed by atoms with E-state index in [0.29, 0.717) is 5.57 Å². The minimum Gasteiger partial charge on any atom is -0.366 e. The Bertz CT molecular complexity index is 508. The zero-order valence-corrected chi connectivity index (χ0v) is 12.9. The van der Waals surface area contributed by atoms with E-state index in [1.165, 1.54) is 6.92 Å². The van der Waals surface area contributed by atoms with E-state index >= 15 is 0 Å². The maximum atomic E-state index is 11.2. The first-order valence-corrected chi connectivity index (χ1v) is 7.12. The number of rotatable bonds is 5. The van der Waals surface area contributed by atoms with Crippen molar-refractivity contribution in [1.82, 2.24) is 0 Å². The molecule has 0 aliphatic carbocycles. The normalized spacial score (nSPS) is 16.2. The quantitative estimate of drug-likeness (QED) is 0.488. The van der Waals surface area contributed by atoms with Crippen LogP contribution in [0, 0.1) is 0 Å². The van der Waals surface area contributed by atoms with Gasteiger partial charge >= 0.3 is 0 Å². The summed E-state index contributed by atoms with van der Waals surface area (Å²) in [6.07, 6.45) is 2.51. The molecule has 8 heteroatoms. The van der Waals surface area contributed by atoms with Gasteiger partial charge in [0.05, 0.1) is 0 Å². The third-order valence-corrected chi connectivity index (χ3v) is 4.55. The van der Waals surface area contributed by atoms with Crippen LogP contribution in [-0.4, -0.2) is 35.4 Å². The van der Waals surface area contributed by atoms with Gasteiger partial charge in [0.15, 0.2) is 10.5 Å². The molecule has 0 aromatic rings. The van der Waals surface area contributed by atoms with Crippen molar-refractivity contribution in [2.24, 2.45) is 11.5 Å². The first kappa shape index (κ1) is 20.8. The van der Waals surface area contributed by atoms with Crippen molar-refractivity contribution in [1.29, 1.82) is 0 Å². The van der Waals surface area contributed by atoms with E-state index in [4.69, 9.17) is 16.0 Å². The van der Waals surface area contributed by atoms with Crippen LogP contribution in [0.25, 0.3) is 0 Å². The van der Waals surface area contributed by atoms with Gasteiger partial charge in [-0.2, -0.15) is 8.42 Å². The van der Waals surface area contributed by atoms with E-state index in [-0.39, 0.29) is 5.91 Å². The number of primary amides is 1. The number of carbonyl (C=O) groups is 2. The van der Waals surface area contributed by atoms with Crippen molar-refractivity contribution in [3.05, 3.63) is 24.3 Å². The van der Waals surface area contributed by atoms with Gasteiger partial charge in [0, 0.05) is 11.6 Å². The molecule has 0 saturated carbocycles. The Morgan fingerprint density at radius 1 is 1.40 bits per heavy atom. The van der Waals surface area contributed by atoms with Crippen molar-refractivity contribution in [2.45, 2.75) is 38.5 Å². The van der Waals surface area contributed by atoms with Crippen LogP contribution in [0.15, 0.2) is 24.3 Å². The number of nitrogens with two attached hydrogens (primary N) is 2. The third-order valence-electron chi connectivity index (χ3n) is 2.90. The van der Waals surface area contributed by atoms with Gasteiger partial charge in [-0.05, 0) is 33.8 Å². The topological polar surface area (TPSA) is 141 Å². The molecule has 2 atom stereocenters. The zero-order valence-electron chi connectivity index (χ0n) is 12.1. The summed E-state index contributed by atoms with van der Waals surface area (Å²) < 4.78 is 28.6. The van der Waals surface area contributed by atoms with Gasteiger partial charge in [0.1, 0.15) is 0 Å².